The Morgan fingerprint density at radius 2 is 1.88 bits per heavy atom. The second-order valence-corrected chi connectivity index (χ2v) is 9.76. The molecule has 0 unspecified atom stereocenters. The van der Waals surface area contributed by atoms with Crippen LogP contribution in [0, 0.1) is 6.92 Å². The summed E-state index contributed by atoms with van der Waals surface area (Å²) < 4.78 is 0. The summed E-state index contributed by atoms with van der Waals surface area (Å²) in [6.07, 6.45) is 1.71. The molecule has 1 N–H and O–H groups in total. The third-order valence-corrected chi connectivity index (χ3v) is 7.27. The van der Waals surface area contributed by atoms with Crippen LogP contribution in [0.3, 0.4) is 0 Å². The van der Waals surface area contributed by atoms with Crippen molar-refractivity contribution in [1.29, 1.82) is 0 Å². The molecule has 0 atom stereocenters. The van der Waals surface area contributed by atoms with E-state index in [4.69, 9.17) is 16.6 Å². The Labute approximate surface area is 207 Å². The van der Waals surface area contributed by atoms with Crippen LogP contribution < -0.4 is 10.2 Å². The van der Waals surface area contributed by atoms with Crippen LogP contribution in [0.1, 0.15) is 18.3 Å². The van der Waals surface area contributed by atoms with Crippen molar-refractivity contribution in [1.82, 2.24) is 20.2 Å². The van der Waals surface area contributed by atoms with E-state index >= 15 is 0 Å². The fraction of sp³-hybridized carbons (Fsp3) is 0.280. The number of thioether (sulfide) groups is 1. The summed E-state index contributed by atoms with van der Waals surface area (Å²) in [4.78, 5) is 37.9. The van der Waals surface area contributed by atoms with E-state index < -0.39 is 0 Å². The number of fused-ring (bicyclic) bond motifs is 1. The number of aryl methyl sites for hydroxylation is 1. The van der Waals surface area contributed by atoms with Gasteiger partial charge in [0.05, 0.1) is 26.8 Å². The molecule has 7 nitrogen and oxygen atoms in total. The van der Waals surface area contributed by atoms with Gasteiger partial charge in [-0.25, -0.2) is 9.97 Å². The number of carbonyl (C=O) groups excluding carboxylic acids is 2. The Balaban J connectivity index is 1.51. The topological polar surface area (TPSA) is 78.4 Å². The minimum absolute atomic E-state index is 0.359. The molecule has 0 radical (unpaired) electrons. The van der Waals surface area contributed by atoms with Gasteiger partial charge in [0.1, 0.15) is 5.82 Å². The lowest BCUT2D eigenvalue weighted by Crippen LogP contribution is -2.46. The van der Waals surface area contributed by atoms with Gasteiger partial charge < -0.3 is 9.80 Å². The lowest BCUT2D eigenvalue weighted by atomic mass is 10.0. The van der Waals surface area contributed by atoms with Crippen molar-refractivity contribution in [2.75, 3.05) is 37.6 Å². The number of piperazine rings is 1. The maximum absolute atomic E-state index is 12.0. The van der Waals surface area contributed by atoms with Crippen molar-refractivity contribution in [3.63, 3.8) is 0 Å². The molecule has 5 rings (SSSR count). The molecule has 2 saturated heterocycles. The lowest BCUT2D eigenvalue weighted by Gasteiger charge is -2.36. The number of imide groups is 1. The molecule has 2 fully saturated rings. The number of aromatic nitrogens is 2. The summed E-state index contributed by atoms with van der Waals surface area (Å²) in [5.41, 5.74) is 4.33. The first-order valence-corrected chi connectivity index (χ1v) is 12.4. The van der Waals surface area contributed by atoms with Gasteiger partial charge >= 0.3 is 0 Å². The molecule has 9 heteroatoms. The standard InChI is InChI=1S/C25H24ClN5O2S/c1-3-30-8-10-31(11-9-30)21-7-5-17(14-19(21)26)23-18-12-16(4-6-20(18)27-15(2)28-23)13-22-24(32)29-25(33)34-22/h4-7,12-14H,3,8-11H2,1-2H3,(H,29,32,33)/b22-13-. The summed E-state index contributed by atoms with van der Waals surface area (Å²) in [6, 6.07) is 11.8. The highest BCUT2D eigenvalue weighted by Crippen LogP contribution is 2.35. The molecule has 0 bridgehead atoms. The van der Waals surface area contributed by atoms with Crippen molar-refractivity contribution in [3.8, 4) is 11.3 Å². The molecule has 2 amide bonds. The number of halogens is 1. The average molecular weight is 494 g/mol. The minimum atomic E-state index is -0.377. The predicted octanol–water partition coefficient (Wildman–Crippen LogP) is 4.72. The summed E-state index contributed by atoms with van der Waals surface area (Å²) in [5, 5.41) is 3.48. The molecule has 0 aliphatic carbocycles. The number of nitrogens with zero attached hydrogens (tertiary/aromatic N) is 4. The minimum Gasteiger partial charge on any atom is -0.368 e. The Morgan fingerprint density at radius 1 is 1.09 bits per heavy atom. The maximum atomic E-state index is 12.0. The zero-order valence-electron chi connectivity index (χ0n) is 19.0. The first-order valence-electron chi connectivity index (χ1n) is 11.2. The molecule has 174 valence electrons. The van der Waals surface area contributed by atoms with Crippen LogP contribution in [-0.4, -0.2) is 58.7 Å². The Hall–Kier alpha value is -2.94. The summed E-state index contributed by atoms with van der Waals surface area (Å²) in [5.74, 6) is 0.290. The number of rotatable bonds is 4. The molecular formula is C25H24ClN5O2S. The largest absolute Gasteiger partial charge is 0.368 e. The number of nitrogens with one attached hydrogen (secondary N) is 1. The number of amides is 2. The van der Waals surface area contributed by atoms with Crippen LogP contribution in [0.25, 0.3) is 28.2 Å². The average Bonchev–Trinajstić information content (AvgIpc) is 3.15. The maximum Gasteiger partial charge on any atom is 0.290 e. The van der Waals surface area contributed by atoms with Crippen LogP contribution in [0.4, 0.5) is 10.5 Å². The number of anilines is 1. The van der Waals surface area contributed by atoms with Crippen LogP contribution in [0.5, 0.6) is 0 Å². The van der Waals surface area contributed by atoms with Crippen molar-refractivity contribution < 1.29 is 9.59 Å². The fourth-order valence-corrected chi connectivity index (χ4v) is 5.34. The van der Waals surface area contributed by atoms with Gasteiger partial charge in [0.25, 0.3) is 11.1 Å². The summed E-state index contributed by atoms with van der Waals surface area (Å²) in [7, 11) is 0. The van der Waals surface area contributed by atoms with E-state index in [9.17, 15) is 9.59 Å². The highest BCUT2D eigenvalue weighted by molar-refractivity contribution is 8.18. The van der Waals surface area contributed by atoms with Crippen LogP contribution in [-0.2, 0) is 4.79 Å². The zero-order chi connectivity index (χ0) is 23.8. The number of likely N-dealkylation sites (N-methyl/N-ethyl adjacent to an activating group) is 1. The molecule has 1 aromatic heterocycles. The number of benzene rings is 2. The van der Waals surface area contributed by atoms with Gasteiger partial charge in [-0.2, -0.15) is 0 Å². The van der Waals surface area contributed by atoms with Crippen molar-refractivity contribution in [3.05, 3.63) is 57.7 Å². The second-order valence-electron chi connectivity index (χ2n) is 8.34. The molecule has 34 heavy (non-hydrogen) atoms. The van der Waals surface area contributed by atoms with E-state index in [-0.39, 0.29) is 11.1 Å². The lowest BCUT2D eigenvalue weighted by molar-refractivity contribution is -0.115. The van der Waals surface area contributed by atoms with Crippen molar-refractivity contribution in [2.45, 2.75) is 13.8 Å². The number of carbonyl (C=O) groups is 2. The third kappa shape index (κ3) is 4.53. The summed E-state index contributed by atoms with van der Waals surface area (Å²) >= 11 is 7.66. The van der Waals surface area contributed by atoms with Gasteiger partial charge in [-0.15, -0.1) is 0 Å². The van der Waals surface area contributed by atoms with Gasteiger partial charge in [0, 0.05) is 37.1 Å². The SMILES string of the molecule is CCN1CCN(c2ccc(-c3nc(C)nc4ccc(/C=C5\SC(=O)NC5=O)cc34)cc2Cl)CC1. The predicted molar refractivity (Wildman–Crippen MR) is 138 cm³/mol. The molecule has 2 aromatic carbocycles. The van der Waals surface area contributed by atoms with Gasteiger partial charge in [0.15, 0.2) is 0 Å². The normalized spacial score (nSPS) is 18.2. The highest BCUT2D eigenvalue weighted by atomic mass is 35.5. The Morgan fingerprint density at radius 3 is 2.56 bits per heavy atom. The molecule has 2 aliphatic rings. The van der Waals surface area contributed by atoms with Gasteiger partial charge in [-0.1, -0.05) is 30.7 Å². The van der Waals surface area contributed by atoms with E-state index in [0.29, 0.717) is 15.8 Å². The van der Waals surface area contributed by atoms with E-state index in [2.05, 4.69) is 39.2 Å². The first kappa shape index (κ1) is 22.8. The first-order chi connectivity index (χ1) is 16.4. The Kier molecular flexibility index (Phi) is 6.29. The molecular weight excluding hydrogens is 470 g/mol. The molecule has 0 saturated carbocycles. The van der Waals surface area contributed by atoms with E-state index in [1.807, 2.05) is 31.2 Å². The molecule has 0 spiro atoms. The molecule has 3 aromatic rings. The number of hydrogen-bond donors (Lipinski definition) is 1. The van der Waals surface area contributed by atoms with Gasteiger partial charge in [-0.05, 0) is 61.1 Å². The van der Waals surface area contributed by atoms with Gasteiger partial charge in [0.2, 0.25) is 0 Å². The van der Waals surface area contributed by atoms with Crippen molar-refractivity contribution >= 4 is 57.2 Å². The van der Waals surface area contributed by atoms with Gasteiger partial charge in [-0.3, -0.25) is 14.9 Å². The summed E-state index contributed by atoms with van der Waals surface area (Å²) in [6.45, 7) is 9.10. The van der Waals surface area contributed by atoms with Crippen LogP contribution in [0.15, 0.2) is 41.3 Å². The monoisotopic (exact) mass is 493 g/mol. The number of hydrogen-bond acceptors (Lipinski definition) is 7. The van der Waals surface area contributed by atoms with E-state index in [0.717, 1.165) is 77.9 Å². The quantitative estimate of drug-likeness (QED) is 0.526. The zero-order valence-corrected chi connectivity index (χ0v) is 20.5. The molecule has 2 aliphatic heterocycles. The van der Waals surface area contributed by atoms with Crippen LogP contribution >= 0.6 is 23.4 Å². The fourth-order valence-electron chi connectivity index (χ4n) is 4.36. The molecule has 3 heterocycles. The highest BCUT2D eigenvalue weighted by Gasteiger charge is 2.25. The smallest absolute Gasteiger partial charge is 0.290 e. The Bertz CT molecular complexity index is 1330. The van der Waals surface area contributed by atoms with E-state index in [1.165, 1.54) is 0 Å². The van der Waals surface area contributed by atoms with E-state index in [1.54, 1.807) is 6.08 Å². The second kappa shape index (κ2) is 9.37. The van der Waals surface area contributed by atoms with Crippen molar-refractivity contribution in [2.24, 2.45) is 0 Å². The third-order valence-electron chi connectivity index (χ3n) is 6.15. The van der Waals surface area contributed by atoms with Crippen LogP contribution in [0.2, 0.25) is 5.02 Å².